The predicted molar refractivity (Wildman–Crippen MR) is 97.7 cm³/mol. The smallest absolute Gasteiger partial charge is 0.224 e. The van der Waals surface area contributed by atoms with Crippen molar-refractivity contribution < 1.29 is 27.2 Å². The van der Waals surface area contributed by atoms with E-state index in [-0.39, 0.29) is 36.0 Å². The maximum Gasteiger partial charge on any atom is 0.224 e. The second-order valence-electron chi connectivity index (χ2n) is 6.33. The summed E-state index contributed by atoms with van der Waals surface area (Å²) in [4.78, 5) is 23.5. The lowest BCUT2D eigenvalue weighted by atomic mass is 10.1. The average Bonchev–Trinajstić information content (AvgIpc) is 2.56. The third-order valence-corrected chi connectivity index (χ3v) is 3.85. The van der Waals surface area contributed by atoms with Gasteiger partial charge in [0.15, 0.2) is 0 Å². The Kier molecular flexibility index (Phi) is 7.98. The van der Waals surface area contributed by atoms with Crippen LogP contribution in [0.3, 0.4) is 0 Å². The summed E-state index contributed by atoms with van der Waals surface area (Å²) < 4.78 is 52.2. The number of amides is 2. The fourth-order valence-corrected chi connectivity index (χ4v) is 2.62. The lowest BCUT2D eigenvalue weighted by Crippen LogP contribution is -2.12. The molecule has 0 saturated carbocycles. The molecule has 0 fully saturated rings. The highest BCUT2D eigenvalue weighted by Crippen LogP contribution is 2.15. The molecule has 2 aromatic rings. The van der Waals surface area contributed by atoms with E-state index >= 15 is 0 Å². The van der Waals surface area contributed by atoms with E-state index in [4.69, 9.17) is 0 Å². The molecule has 2 amide bonds. The molecule has 8 heteroatoms. The Bertz CT molecular complexity index is 733. The number of rotatable bonds is 9. The molecule has 4 nitrogen and oxygen atoms in total. The van der Waals surface area contributed by atoms with Crippen molar-refractivity contribution in [2.45, 2.75) is 38.5 Å². The van der Waals surface area contributed by atoms with E-state index in [0.717, 1.165) is 36.4 Å². The standard InChI is InChI=1S/C20H20F4N2O2/c21-13-7-14(22)10-17(9-13)25-19(27)5-3-1-2-4-6-20(28)26-18-11-15(23)8-16(24)12-18/h7-12H,1-6H2,(H,25,27)(H,26,28). The molecule has 150 valence electrons. The van der Waals surface area contributed by atoms with E-state index < -0.39 is 23.3 Å². The third kappa shape index (κ3) is 7.77. The van der Waals surface area contributed by atoms with Crippen molar-refractivity contribution in [3.8, 4) is 0 Å². The van der Waals surface area contributed by atoms with Crippen molar-refractivity contribution in [1.82, 2.24) is 0 Å². The van der Waals surface area contributed by atoms with Crippen molar-refractivity contribution in [2.75, 3.05) is 10.6 Å². The number of anilines is 2. The van der Waals surface area contributed by atoms with Crippen molar-refractivity contribution in [1.29, 1.82) is 0 Å². The quantitative estimate of drug-likeness (QED) is 0.454. The molecule has 0 bridgehead atoms. The monoisotopic (exact) mass is 396 g/mol. The number of hydrogen-bond acceptors (Lipinski definition) is 2. The van der Waals surface area contributed by atoms with Crippen LogP contribution in [0.5, 0.6) is 0 Å². The van der Waals surface area contributed by atoms with E-state index in [2.05, 4.69) is 10.6 Å². The molecule has 0 unspecified atom stereocenters. The van der Waals surface area contributed by atoms with Gasteiger partial charge in [0.05, 0.1) is 0 Å². The van der Waals surface area contributed by atoms with E-state index in [0.29, 0.717) is 25.7 Å². The van der Waals surface area contributed by atoms with Gasteiger partial charge >= 0.3 is 0 Å². The number of benzene rings is 2. The minimum absolute atomic E-state index is 0.0629. The Balaban J connectivity index is 1.59. The Labute approximate surface area is 159 Å². The summed E-state index contributed by atoms with van der Waals surface area (Å²) >= 11 is 0. The van der Waals surface area contributed by atoms with Crippen LogP contribution < -0.4 is 10.6 Å². The number of carbonyl (C=O) groups excluding carboxylic acids is 2. The van der Waals surface area contributed by atoms with Crippen LogP contribution in [0.15, 0.2) is 36.4 Å². The van der Waals surface area contributed by atoms with Crippen LogP contribution in [0, 0.1) is 23.3 Å². The molecular formula is C20H20F4N2O2. The Hall–Kier alpha value is -2.90. The minimum Gasteiger partial charge on any atom is -0.326 e. The summed E-state index contributed by atoms with van der Waals surface area (Å²) in [7, 11) is 0. The van der Waals surface area contributed by atoms with Crippen molar-refractivity contribution in [2.24, 2.45) is 0 Å². The molecule has 0 aromatic heterocycles. The Morgan fingerprint density at radius 2 is 0.893 bits per heavy atom. The van der Waals surface area contributed by atoms with Crippen LogP contribution in [0.4, 0.5) is 28.9 Å². The number of carbonyl (C=O) groups is 2. The third-order valence-electron chi connectivity index (χ3n) is 3.85. The molecule has 28 heavy (non-hydrogen) atoms. The van der Waals surface area contributed by atoms with E-state index in [1.807, 2.05) is 0 Å². The first-order valence-electron chi connectivity index (χ1n) is 8.84. The molecule has 0 aliphatic carbocycles. The number of halogens is 4. The molecular weight excluding hydrogens is 376 g/mol. The molecule has 2 N–H and O–H groups in total. The van der Waals surface area contributed by atoms with Gasteiger partial charge in [0.25, 0.3) is 0 Å². The first-order valence-corrected chi connectivity index (χ1v) is 8.84. The molecule has 2 rings (SSSR count). The van der Waals surface area contributed by atoms with Gasteiger partial charge in [0.1, 0.15) is 23.3 Å². The van der Waals surface area contributed by atoms with Crippen LogP contribution in [-0.2, 0) is 9.59 Å². The van der Waals surface area contributed by atoms with Crippen LogP contribution in [-0.4, -0.2) is 11.8 Å². The van der Waals surface area contributed by atoms with E-state index in [1.54, 1.807) is 0 Å². The second-order valence-corrected chi connectivity index (χ2v) is 6.33. The zero-order chi connectivity index (χ0) is 20.5. The summed E-state index contributed by atoms with van der Waals surface area (Å²) in [6.45, 7) is 0. The van der Waals surface area contributed by atoms with Crippen LogP contribution in [0.2, 0.25) is 0 Å². The Morgan fingerprint density at radius 3 is 1.21 bits per heavy atom. The van der Waals surface area contributed by atoms with Gasteiger partial charge in [-0.15, -0.1) is 0 Å². The minimum atomic E-state index is -0.769. The van der Waals surface area contributed by atoms with Crippen molar-refractivity contribution in [3.05, 3.63) is 59.7 Å². The highest BCUT2D eigenvalue weighted by molar-refractivity contribution is 5.91. The van der Waals surface area contributed by atoms with Gasteiger partial charge in [0, 0.05) is 36.3 Å². The molecule has 0 spiro atoms. The largest absolute Gasteiger partial charge is 0.326 e. The van der Waals surface area contributed by atoms with Gasteiger partial charge in [-0.25, -0.2) is 17.6 Å². The molecule has 0 radical (unpaired) electrons. The number of nitrogens with one attached hydrogen (secondary N) is 2. The summed E-state index contributed by atoms with van der Waals surface area (Å²) in [5.41, 5.74) is 0.126. The molecule has 0 atom stereocenters. The molecule has 0 aliphatic rings. The maximum absolute atomic E-state index is 13.1. The second kappa shape index (κ2) is 10.4. The van der Waals surface area contributed by atoms with Crippen LogP contribution in [0.25, 0.3) is 0 Å². The fourth-order valence-electron chi connectivity index (χ4n) is 2.62. The topological polar surface area (TPSA) is 58.2 Å². The summed E-state index contributed by atoms with van der Waals surface area (Å²) in [6, 6.07) is 5.56. The predicted octanol–water partition coefficient (Wildman–Crippen LogP) is 5.16. The fraction of sp³-hybridized carbons (Fsp3) is 0.300. The van der Waals surface area contributed by atoms with E-state index in [9.17, 15) is 27.2 Å². The molecule has 0 aliphatic heterocycles. The lowest BCUT2D eigenvalue weighted by Gasteiger charge is -2.07. The van der Waals surface area contributed by atoms with Crippen LogP contribution >= 0.6 is 0 Å². The first kappa shape index (κ1) is 21.4. The van der Waals surface area contributed by atoms with Gasteiger partial charge in [-0.1, -0.05) is 12.8 Å². The van der Waals surface area contributed by atoms with Gasteiger partial charge in [-0.05, 0) is 37.1 Å². The number of hydrogen-bond donors (Lipinski definition) is 2. The van der Waals surface area contributed by atoms with Crippen molar-refractivity contribution >= 4 is 23.2 Å². The maximum atomic E-state index is 13.1. The highest BCUT2D eigenvalue weighted by Gasteiger charge is 2.07. The van der Waals surface area contributed by atoms with Gasteiger partial charge in [-0.3, -0.25) is 9.59 Å². The zero-order valence-corrected chi connectivity index (χ0v) is 15.0. The van der Waals surface area contributed by atoms with Gasteiger partial charge in [-0.2, -0.15) is 0 Å². The average molecular weight is 396 g/mol. The summed E-state index contributed by atoms with van der Waals surface area (Å²) in [6.07, 6.45) is 2.86. The summed E-state index contributed by atoms with van der Waals surface area (Å²) in [5.74, 6) is -3.78. The lowest BCUT2D eigenvalue weighted by molar-refractivity contribution is -0.117. The van der Waals surface area contributed by atoms with E-state index in [1.165, 1.54) is 0 Å². The normalized spacial score (nSPS) is 10.6. The van der Waals surface area contributed by atoms with Gasteiger partial charge < -0.3 is 10.6 Å². The summed E-state index contributed by atoms with van der Waals surface area (Å²) in [5, 5.41) is 4.85. The molecule has 2 aromatic carbocycles. The van der Waals surface area contributed by atoms with Gasteiger partial charge in [0.2, 0.25) is 11.8 Å². The SMILES string of the molecule is O=C(CCCCCCC(=O)Nc1cc(F)cc(F)c1)Nc1cc(F)cc(F)c1. The number of unbranched alkanes of at least 4 members (excludes halogenated alkanes) is 3. The molecule has 0 saturated heterocycles. The Morgan fingerprint density at radius 1 is 0.571 bits per heavy atom. The molecule has 0 heterocycles. The highest BCUT2D eigenvalue weighted by atomic mass is 19.1. The van der Waals surface area contributed by atoms with Crippen molar-refractivity contribution in [3.63, 3.8) is 0 Å². The first-order chi connectivity index (χ1) is 13.3. The zero-order valence-electron chi connectivity index (χ0n) is 15.0. The van der Waals surface area contributed by atoms with Crippen LogP contribution in [0.1, 0.15) is 38.5 Å².